The van der Waals surface area contributed by atoms with E-state index in [1.165, 1.54) is 91.6 Å². The Bertz CT molecular complexity index is 503. The standard InChI is InChI=1S/C23H34Br2/c1-2-3-4-5-17-6-8-18(9-7-17)19-10-12-20(13-11-19)21-14-22(24)16-23(25)15-21/h14-20H,2-13H2,1H3. The van der Waals surface area contributed by atoms with Gasteiger partial charge in [-0.15, -0.1) is 0 Å². The molecule has 2 aliphatic carbocycles. The summed E-state index contributed by atoms with van der Waals surface area (Å²) in [5.74, 6) is 3.88. The molecule has 0 aliphatic heterocycles. The van der Waals surface area contributed by atoms with Gasteiger partial charge < -0.3 is 0 Å². The average Bonchev–Trinajstić information content (AvgIpc) is 2.62. The van der Waals surface area contributed by atoms with Crippen LogP contribution < -0.4 is 0 Å². The van der Waals surface area contributed by atoms with Gasteiger partial charge in [0, 0.05) is 8.95 Å². The predicted octanol–water partition coefficient (Wildman–Crippen LogP) is 8.87. The van der Waals surface area contributed by atoms with Crippen LogP contribution in [0.15, 0.2) is 27.1 Å². The highest BCUT2D eigenvalue weighted by Gasteiger charge is 2.31. The zero-order valence-corrected chi connectivity index (χ0v) is 19.0. The summed E-state index contributed by atoms with van der Waals surface area (Å²) in [5.41, 5.74) is 1.53. The molecule has 2 heteroatoms. The van der Waals surface area contributed by atoms with E-state index in [1.807, 2.05) is 0 Å². The van der Waals surface area contributed by atoms with Crippen LogP contribution in [0.4, 0.5) is 0 Å². The quantitative estimate of drug-likeness (QED) is 0.364. The number of hydrogen-bond donors (Lipinski definition) is 0. The molecule has 2 aliphatic rings. The molecule has 0 unspecified atom stereocenters. The molecule has 2 fully saturated rings. The highest BCUT2D eigenvalue weighted by atomic mass is 79.9. The lowest BCUT2D eigenvalue weighted by Crippen LogP contribution is -2.25. The first-order valence-corrected chi connectivity index (χ1v) is 12.2. The Hall–Kier alpha value is 0.180. The molecule has 0 nitrogen and oxygen atoms in total. The van der Waals surface area contributed by atoms with Crippen LogP contribution in [0, 0.1) is 17.8 Å². The SMILES string of the molecule is CCCCCC1CCC(C2CCC(c3cc(Br)cc(Br)c3)CC2)CC1. The van der Waals surface area contributed by atoms with E-state index >= 15 is 0 Å². The molecule has 0 bridgehead atoms. The Morgan fingerprint density at radius 3 is 1.88 bits per heavy atom. The van der Waals surface area contributed by atoms with Crippen LogP contribution in [0.2, 0.25) is 0 Å². The van der Waals surface area contributed by atoms with Crippen LogP contribution >= 0.6 is 31.9 Å². The van der Waals surface area contributed by atoms with Crippen LogP contribution in [-0.2, 0) is 0 Å². The summed E-state index contributed by atoms with van der Waals surface area (Å²) in [6.07, 6.45) is 17.6. The maximum absolute atomic E-state index is 3.65. The minimum atomic E-state index is 0.774. The topological polar surface area (TPSA) is 0 Å². The smallest absolute Gasteiger partial charge is 0.0189 e. The summed E-state index contributed by atoms with van der Waals surface area (Å²) in [6, 6.07) is 6.81. The first-order chi connectivity index (χ1) is 12.2. The summed E-state index contributed by atoms with van der Waals surface area (Å²) in [7, 11) is 0. The van der Waals surface area contributed by atoms with Crippen molar-refractivity contribution >= 4 is 31.9 Å². The van der Waals surface area contributed by atoms with Crippen LogP contribution in [0.3, 0.4) is 0 Å². The molecule has 1 aromatic rings. The van der Waals surface area contributed by atoms with Gasteiger partial charge in [-0.25, -0.2) is 0 Å². The highest BCUT2D eigenvalue weighted by molar-refractivity contribution is 9.11. The maximum atomic E-state index is 3.65. The molecular weight excluding hydrogens is 436 g/mol. The number of halogens is 2. The van der Waals surface area contributed by atoms with Gasteiger partial charge in [0.1, 0.15) is 0 Å². The molecule has 0 N–H and O–H groups in total. The number of unbranched alkanes of at least 4 members (excludes halogenated alkanes) is 2. The molecule has 25 heavy (non-hydrogen) atoms. The van der Waals surface area contributed by atoms with Gasteiger partial charge in [-0.1, -0.05) is 77.3 Å². The summed E-state index contributed by atoms with van der Waals surface area (Å²) in [4.78, 5) is 0. The van der Waals surface area contributed by atoms with E-state index in [-0.39, 0.29) is 0 Å². The monoisotopic (exact) mass is 468 g/mol. The van der Waals surface area contributed by atoms with Crippen LogP contribution in [-0.4, -0.2) is 0 Å². The van der Waals surface area contributed by atoms with Crippen molar-refractivity contribution in [3.63, 3.8) is 0 Å². The predicted molar refractivity (Wildman–Crippen MR) is 116 cm³/mol. The first kappa shape index (κ1) is 19.9. The van der Waals surface area contributed by atoms with E-state index < -0.39 is 0 Å². The third-order valence-corrected chi connectivity index (χ3v) is 7.82. The van der Waals surface area contributed by atoms with Gasteiger partial charge >= 0.3 is 0 Å². The van der Waals surface area contributed by atoms with Crippen molar-refractivity contribution in [2.24, 2.45) is 17.8 Å². The molecule has 3 rings (SSSR count). The molecule has 0 saturated heterocycles. The van der Waals surface area contributed by atoms with E-state index in [0.29, 0.717) is 0 Å². The Balaban J connectivity index is 1.44. The van der Waals surface area contributed by atoms with Gasteiger partial charge in [-0.2, -0.15) is 0 Å². The Kier molecular flexibility index (Phi) is 7.91. The second-order valence-electron chi connectivity index (χ2n) is 8.59. The third-order valence-electron chi connectivity index (χ3n) is 6.90. The second kappa shape index (κ2) is 9.93. The molecule has 0 heterocycles. The van der Waals surface area contributed by atoms with Gasteiger partial charge in [-0.3, -0.25) is 0 Å². The fourth-order valence-corrected chi connectivity index (χ4v) is 6.70. The number of rotatable bonds is 6. The average molecular weight is 470 g/mol. The first-order valence-electron chi connectivity index (χ1n) is 10.6. The van der Waals surface area contributed by atoms with Gasteiger partial charge in [0.05, 0.1) is 0 Å². The van der Waals surface area contributed by atoms with Gasteiger partial charge in [0.25, 0.3) is 0 Å². The Morgan fingerprint density at radius 2 is 1.32 bits per heavy atom. The van der Waals surface area contributed by atoms with Gasteiger partial charge in [0.2, 0.25) is 0 Å². The normalized spacial score (nSPS) is 30.4. The lowest BCUT2D eigenvalue weighted by atomic mass is 9.68. The molecule has 0 spiro atoms. The molecule has 2 saturated carbocycles. The fourth-order valence-electron chi connectivity index (χ4n) is 5.37. The molecule has 140 valence electrons. The van der Waals surface area contributed by atoms with E-state index in [4.69, 9.17) is 0 Å². The Labute approximate surface area is 171 Å². The fraction of sp³-hybridized carbons (Fsp3) is 0.739. The lowest BCUT2D eigenvalue weighted by Gasteiger charge is -2.38. The van der Waals surface area contributed by atoms with Crippen LogP contribution in [0.25, 0.3) is 0 Å². The van der Waals surface area contributed by atoms with Crippen LogP contribution in [0.1, 0.15) is 95.5 Å². The Morgan fingerprint density at radius 1 is 0.760 bits per heavy atom. The van der Waals surface area contributed by atoms with E-state index in [1.54, 1.807) is 0 Å². The van der Waals surface area contributed by atoms with Crippen molar-refractivity contribution in [1.29, 1.82) is 0 Å². The largest absolute Gasteiger partial charge is 0.0654 e. The van der Waals surface area contributed by atoms with Gasteiger partial charge in [-0.05, 0) is 86.0 Å². The maximum Gasteiger partial charge on any atom is 0.0189 e. The molecule has 0 amide bonds. The molecule has 0 atom stereocenters. The van der Waals surface area contributed by atoms with Crippen LogP contribution in [0.5, 0.6) is 0 Å². The summed E-state index contributed by atoms with van der Waals surface area (Å²) in [6.45, 7) is 2.32. The molecule has 1 aromatic carbocycles. The van der Waals surface area contributed by atoms with E-state index in [2.05, 4.69) is 57.0 Å². The lowest BCUT2D eigenvalue weighted by molar-refractivity contribution is 0.155. The number of hydrogen-bond acceptors (Lipinski definition) is 0. The van der Waals surface area contributed by atoms with Crippen molar-refractivity contribution in [2.75, 3.05) is 0 Å². The summed E-state index contributed by atoms with van der Waals surface area (Å²) >= 11 is 7.30. The van der Waals surface area contributed by atoms with Crippen molar-refractivity contribution < 1.29 is 0 Å². The van der Waals surface area contributed by atoms with Crippen molar-refractivity contribution in [1.82, 2.24) is 0 Å². The highest BCUT2D eigenvalue weighted by Crippen LogP contribution is 2.45. The van der Waals surface area contributed by atoms with Crippen molar-refractivity contribution in [2.45, 2.75) is 89.9 Å². The number of benzene rings is 1. The van der Waals surface area contributed by atoms with Crippen molar-refractivity contribution in [3.05, 3.63) is 32.7 Å². The summed E-state index contributed by atoms with van der Waals surface area (Å²) in [5, 5.41) is 0. The minimum Gasteiger partial charge on any atom is -0.0654 e. The van der Waals surface area contributed by atoms with E-state index in [9.17, 15) is 0 Å². The zero-order valence-electron chi connectivity index (χ0n) is 15.8. The summed E-state index contributed by atoms with van der Waals surface area (Å²) < 4.78 is 2.42. The third kappa shape index (κ3) is 5.83. The van der Waals surface area contributed by atoms with Crippen molar-refractivity contribution in [3.8, 4) is 0 Å². The molecule has 0 aromatic heterocycles. The van der Waals surface area contributed by atoms with E-state index in [0.717, 1.165) is 23.7 Å². The molecular formula is C23H34Br2. The minimum absolute atomic E-state index is 0.774. The van der Waals surface area contributed by atoms with Gasteiger partial charge in [0.15, 0.2) is 0 Å². The second-order valence-corrected chi connectivity index (χ2v) is 10.4. The molecule has 0 radical (unpaired) electrons. The zero-order chi connectivity index (χ0) is 17.6.